The van der Waals surface area contributed by atoms with Crippen LogP contribution in [0.4, 0.5) is 8.78 Å². The molecule has 30 heavy (non-hydrogen) atoms. The molecule has 2 heterocycles. The van der Waals surface area contributed by atoms with E-state index in [1.54, 1.807) is 18.5 Å². The number of halogens is 2. The number of aromatic nitrogens is 2. The smallest absolute Gasteiger partial charge is 0.394 e. The average molecular weight is 414 g/mol. The van der Waals surface area contributed by atoms with Gasteiger partial charge in [0.25, 0.3) is 5.91 Å². The molecule has 0 radical (unpaired) electrons. The van der Waals surface area contributed by atoms with Gasteiger partial charge in [-0.3, -0.25) is 4.79 Å². The Morgan fingerprint density at radius 1 is 1.20 bits per heavy atom. The van der Waals surface area contributed by atoms with Crippen LogP contribution in [0.1, 0.15) is 27.2 Å². The minimum Gasteiger partial charge on any atom is -0.491 e. The maximum absolute atomic E-state index is 13.3. The van der Waals surface area contributed by atoms with Gasteiger partial charge < -0.3 is 14.4 Å². The lowest BCUT2D eigenvalue weighted by Gasteiger charge is -2.19. The molecule has 0 spiro atoms. The fraction of sp³-hybridized carbons (Fsp3) is 0.227. The summed E-state index contributed by atoms with van der Waals surface area (Å²) >= 11 is 0. The minimum atomic E-state index is -3.36. The Bertz CT molecular complexity index is 1190. The number of hydrogen-bond acceptors (Lipinski definition) is 5. The van der Waals surface area contributed by atoms with Crippen molar-refractivity contribution in [2.24, 2.45) is 0 Å². The fourth-order valence-electron chi connectivity index (χ4n) is 2.95. The Balaban J connectivity index is 1.75. The Kier molecular flexibility index (Phi) is 4.37. The lowest BCUT2D eigenvalue weighted by Crippen LogP contribution is -2.32. The molecule has 0 atom stereocenters. The summed E-state index contributed by atoms with van der Waals surface area (Å²) in [5.41, 5.74) is 0.186. The van der Waals surface area contributed by atoms with Crippen molar-refractivity contribution < 1.29 is 27.2 Å². The first-order valence-electron chi connectivity index (χ1n) is 10.6. The molecule has 0 aliphatic carbocycles. The first-order chi connectivity index (χ1) is 15.7. The van der Waals surface area contributed by atoms with Crippen LogP contribution in [-0.2, 0) is 6.54 Å². The summed E-state index contributed by atoms with van der Waals surface area (Å²) in [7, 11) is 0. The molecule has 0 N–H and O–H groups in total. The standard InChI is InChI=1S/C22H19F2N3O3/c1-22(23,24)30-17-6-3-15(4-7-17)16-5-8-19-18(13-16)21(28)27(11-12-29-19)14-20-25-9-2-10-26-20/h2-10,13H,11-12,14H2,1H3/i5D,8D,13D. The summed E-state index contributed by atoms with van der Waals surface area (Å²) in [5, 5.41) is 0. The van der Waals surface area contributed by atoms with E-state index >= 15 is 0 Å². The predicted molar refractivity (Wildman–Crippen MR) is 105 cm³/mol. The topological polar surface area (TPSA) is 64.6 Å². The number of hydrogen-bond donors (Lipinski definition) is 0. The molecule has 4 rings (SSSR count). The Hall–Kier alpha value is -3.55. The van der Waals surface area contributed by atoms with Crippen LogP contribution in [0.3, 0.4) is 0 Å². The van der Waals surface area contributed by atoms with E-state index in [-0.39, 0.29) is 60.4 Å². The van der Waals surface area contributed by atoms with E-state index in [2.05, 4.69) is 14.7 Å². The highest BCUT2D eigenvalue weighted by Crippen LogP contribution is 2.31. The van der Waals surface area contributed by atoms with Crippen LogP contribution in [0.25, 0.3) is 11.1 Å². The summed E-state index contributed by atoms with van der Waals surface area (Å²) in [6, 6.07) is 6.08. The molecule has 0 saturated heterocycles. The number of alkyl halides is 2. The summed E-state index contributed by atoms with van der Waals surface area (Å²) in [6.07, 6.45) is -0.255. The van der Waals surface area contributed by atoms with Gasteiger partial charge in [0.05, 0.1) is 22.8 Å². The van der Waals surface area contributed by atoms with Crippen molar-refractivity contribution in [2.75, 3.05) is 13.2 Å². The Morgan fingerprint density at radius 3 is 2.63 bits per heavy atom. The van der Waals surface area contributed by atoms with Crippen LogP contribution in [0.5, 0.6) is 11.5 Å². The van der Waals surface area contributed by atoms with Gasteiger partial charge in [-0.2, -0.15) is 8.78 Å². The number of fused-ring (bicyclic) bond motifs is 1. The second-order valence-corrected chi connectivity index (χ2v) is 6.63. The quantitative estimate of drug-likeness (QED) is 0.627. The molecule has 1 aliphatic heterocycles. The van der Waals surface area contributed by atoms with E-state index in [1.807, 2.05) is 0 Å². The number of rotatable bonds is 5. The van der Waals surface area contributed by atoms with Crippen molar-refractivity contribution in [3.05, 3.63) is 72.2 Å². The summed E-state index contributed by atoms with van der Waals surface area (Å²) in [5.74, 6) is -0.354. The van der Waals surface area contributed by atoms with Crippen molar-refractivity contribution in [1.29, 1.82) is 0 Å². The highest BCUT2D eigenvalue weighted by molar-refractivity contribution is 5.98. The summed E-state index contributed by atoms with van der Waals surface area (Å²) in [6.45, 7) is 0.962. The summed E-state index contributed by atoms with van der Waals surface area (Å²) < 4.78 is 61.8. The minimum absolute atomic E-state index is 0.0170. The molecule has 2 aromatic carbocycles. The van der Waals surface area contributed by atoms with Gasteiger partial charge >= 0.3 is 6.11 Å². The van der Waals surface area contributed by atoms with Gasteiger partial charge in [0.2, 0.25) is 0 Å². The molecule has 6 nitrogen and oxygen atoms in total. The number of carbonyl (C=O) groups is 1. The lowest BCUT2D eigenvalue weighted by molar-refractivity contribution is -0.158. The third-order valence-electron chi connectivity index (χ3n) is 4.28. The Morgan fingerprint density at radius 2 is 1.93 bits per heavy atom. The first-order valence-corrected chi connectivity index (χ1v) is 9.14. The van der Waals surface area contributed by atoms with Crippen LogP contribution >= 0.6 is 0 Å². The molecule has 1 amide bonds. The van der Waals surface area contributed by atoms with Gasteiger partial charge in [0, 0.05) is 19.3 Å². The van der Waals surface area contributed by atoms with Crippen molar-refractivity contribution in [1.82, 2.24) is 14.9 Å². The molecule has 0 saturated carbocycles. The molecule has 154 valence electrons. The predicted octanol–water partition coefficient (Wildman–Crippen LogP) is 4.17. The van der Waals surface area contributed by atoms with E-state index < -0.39 is 12.0 Å². The number of nitrogens with zero attached hydrogens (tertiary/aromatic N) is 3. The van der Waals surface area contributed by atoms with Gasteiger partial charge in [0.15, 0.2) is 0 Å². The van der Waals surface area contributed by atoms with Crippen molar-refractivity contribution in [2.45, 2.75) is 19.6 Å². The van der Waals surface area contributed by atoms with E-state index in [0.717, 1.165) is 0 Å². The Labute approximate surface area is 176 Å². The molecule has 0 bridgehead atoms. The largest absolute Gasteiger partial charge is 0.491 e. The van der Waals surface area contributed by atoms with Crippen LogP contribution in [-0.4, -0.2) is 40.0 Å². The second kappa shape index (κ2) is 8.06. The number of ether oxygens (including phenoxy) is 2. The number of benzene rings is 2. The van der Waals surface area contributed by atoms with Crippen LogP contribution < -0.4 is 9.47 Å². The van der Waals surface area contributed by atoms with E-state index in [0.29, 0.717) is 18.3 Å². The van der Waals surface area contributed by atoms with Crippen LogP contribution in [0, 0.1) is 0 Å². The number of carbonyl (C=O) groups excluding carboxylic acids is 1. The van der Waals surface area contributed by atoms with Crippen molar-refractivity contribution in [3.63, 3.8) is 0 Å². The highest BCUT2D eigenvalue weighted by atomic mass is 19.3. The zero-order valence-electron chi connectivity index (χ0n) is 19.0. The third-order valence-corrected chi connectivity index (χ3v) is 4.28. The van der Waals surface area contributed by atoms with E-state index in [1.165, 1.54) is 29.2 Å². The highest BCUT2D eigenvalue weighted by Gasteiger charge is 2.25. The molecule has 1 aromatic heterocycles. The molecule has 0 fully saturated rings. The summed E-state index contributed by atoms with van der Waals surface area (Å²) in [4.78, 5) is 23.0. The number of amides is 1. The average Bonchev–Trinajstić information content (AvgIpc) is 2.92. The normalized spacial score (nSPS) is 15.4. The molecule has 8 heteroatoms. The monoisotopic (exact) mass is 414 g/mol. The van der Waals surface area contributed by atoms with Gasteiger partial charge in [-0.15, -0.1) is 0 Å². The second-order valence-electron chi connectivity index (χ2n) is 6.63. The lowest BCUT2D eigenvalue weighted by atomic mass is 10.0. The fourth-order valence-corrected chi connectivity index (χ4v) is 2.95. The van der Waals surface area contributed by atoms with E-state index in [9.17, 15) is 13.6 Å². The van der Waals surface area contributed by atoms with Gasteiger partial charge in [-0.05, 0) is 41.4 Å². The molecular weight excluding hydrogens is 392 g/mol. The van der Waals surface area contributed by atoms with Crippen LogP contribution in [0.2, 0.25) is 0 Å². The molecule has 0 unspecified atom stereocenters. The molecular formula is C22H19F2N3O3. The van der Waals surface area contributed by atoms with Crippen molar-refractivity contribution in [3.8, 4) is 22.6 Å². The SMILES string of the molecule is [2H]c1c([2H])c(-c2ccc(OC(C)(F)F)cc2)c([2H])c2c1OCCN(Cc1ncccn1)C2=O. The first kappa shape index (κ1) is 16.3. The molecule has 1 aliphatic rings. The van der Waals surface area contributed by atoms with Gasteiger partial charge in [-0.1, -0.05) is 18.2 Å². The zero-order valence-corrected chi connectivity index (χ0v) is 16.0. The van der Waals surface area contributed by atoms with Crippen LogP contribution in [0.15, 0.2) is 60.9 Å². The molecule has 3 aromatic rings. The zero-order chi connectivity index (χ0) is 23.8. The van der Waals surface area contributed by atoms with Crippen molar-refractivity contribution >= 4 is 5.91 Å². The maximum atomic E-state index is 13.3. The van der Waals surface area contributed by atoms with E-state index in [4.69, 9.17) is 8.85 Å². The third kappa shape index (κ3) is 4.53. The maximum Gasteiger partial charge on any atom is 0.394 e. The van der Waals surface area contributed by atoms with Gasteiger partial charge in [-0.25, -0.2) is 9.97 Å². The van der Waals surface area contributed by atoms with Gasteiger partial charge in [0.1, 0.15) is 23.9 Å².